The van der Waals surface area contributed by atoms with Gasteiger partial charge in [-0.1, -0.05) is 12.1 Å². The molecule has 1 fully saturated rings. The van der Waals surface area contributed by atoms with Gasteiger partial charge in [-0.2, -0.15) is 0 Å². The van der Waals surface area contributed by atoms with E-state index in [1.165, 1.54) is 18.5 Å². The molecule has 0 radical (unpaired) electrons. The minimum Gasteiger partial charge on any atom is -0.495 e. The van der Waals surface area contributed by atoms with E-state index in [0.717, 1.165) is 60.1 Å². The minimum atomic E-state index is -0.280. The van der Waals surface area contributed by atoms with Crippen molar-refractivity contribution in [3.8, 4) is 5.75 Å². The Labute approximate surface area is 188 Å². The van der Waals surface area contributed by atoms with Crippen LogP contribution < -0.4 is 15.3 Å². The summed E-state index contributed by atoms with van der Waals surface area (Å²) in [6, 6.07) is 16.0. The van der Waals surface area contributed by atoms with Crippen molar-refractivity contribution in [1.29, 1.82) is 0 Å². The number of fused-ring (bicyclic) bond motifs is 1. The summed E-state index contributed by atoms with van der Waals surface area (Å²) in [5, 5.41) is 1.01. The van der Waals surface area contributed by atoms with Gasteiger partial charge in [0.1, 0.15) is 11.3 Å². The maximum absolute atomic E-state index is 11.6. The first-order valence-corrected chi connectivity index (χ1v) is 11.9. The normalized spacial score (nSPS) is 14.8. The first kappa shape index (κ1) is 21.8. The van der Waals surface area contributed by atoms with Crippen LogP contribution in [-0.2, 0) is 0 Å². The molecule has 5 nitrogen and oxygen atoms in total. The number of para-hydroxylation sites is 2. The standard InChI is InChI=1S/C25H30N2O3S/c1-19-17-25(28)30-24-18-20(9-10-21(19)24)31-16-6-5-11-26-12-14-27(15-13-26)22-7-3-4-8-23(22)29-2/h3-4,7-10,17-18H,5-6,11-16H2,1-2H3. The fraction of sp³-hybridized carbons (Fsp3) is 0.400. The lowest BCUT2D eigenvalue weighted by molar-refractivity contribution is 0.253. The van der Waals surface area contributed by atoms with Gasteiger partial charge in [-0.25, -0.2) is 4.79 Å². The third-order valence-corrected chi connectivity index (χ3v) is 6.94. The number of benzene rings is 2. The topological polar surface area (TPSA) is 45.9 Å². The van der Waals surface area contributed by atoms with Gasteiger partial charge in [0.15, 0.2) is 0 Å². The molecule has 0 N–H and O–H groups in total. The van der Waals surface area contributed by atoms with E-state index in [9.17, 15) is 4.79 Å². The van der Waals surface area contributed by atoms with Crippen LogP contribution in [0.1, 0.15) is 18.4 Å². The number of unbranched alkanes of at least 4 members (excludes halogenated alkanes) is 1. The van der Waals surface area contributed by atoms with Gasteiger partial charge in [0, 0.05) is 42.5 Å². The first-order chi connectivity index (χ1) is 15.1. The summed E-state index contributed by atoms with van der Waals surface area (Å²) in [7, 11) is 1.74. The summed E-state index contributed by atoms with van der Waals surface area (Å²) < 4.78 is 10.9. The number of aryl methyl sites for hydroxylation is 1. The predicted molar refractivity (Wildman–Crippen MR) is 129 cm³/mol. The van der Waals surface area contributed by atoms with Gasteiger partial charge in [-0.05, 0) is 68.0 Å². The van der Waals surface area contributed by atoms with Gasteiger partial charge in [-0.3, -0.25) is 4.90 Å². The van der Waals surface area contributed by atoms with E-state index in [-0.39, 0.29) is 5.63 Å². The number of anilines is 1. The van der Waals surface area contributed by atoms with Crippen LogP contribution in [0, 0.1) is 6.92 Å². The molecular weight excluding hydrogens is 408 g/mol. The number of hydrogen-bond acceptors (Lipinski definition) is 6. The van der Waals surface area contributed by atoms with Crippen molar-refractivity contribution in [2.45, 2.75) is 24.7 Å². The number of ether oxygens (including phenoxy) is 1. The van der Waals surface area contributed by atoms with E-state index in [1.807, 2.05) is 36.9 Å². The second-order valence-electron chi connectivity index (χ2n) is 7.96. The summed E-state index contributed by atoms with van der Waals surface area (Å²) in [6.07, 6.45) is 2.37. The summed E-state index contributed by atoms with van der Waals surface area (Å²) >= 11 is 1.83. The Bertz CT molecular complexity index is 1070. The van der Waals surface area contributed by atoms with E-state index in [0.29, 0.717) is 5.58 Å². The number of nitrogens with zero attached hydrogens (tertiary/aromatic N) is 2. The average molecular weight is 439 g/mol. The van der Waals surface area contributed by atoms with Crippen LogP contribution in [-0.4, -0.2) is 50.5 Å². The van der Waals surface area contributed by atoms with Crippen LogP contribution >= 0.6 is 11.8 Å². The first-order valence-electron chi connectivity index (χ1n) is 10.9. The van der Waals surface area contributed by atoms with Crippen LogP contribution in [0.5, 0.6) is 5.75 Å². The van der Waals surface area contributed by atoms with Crippen molar-refractivity contribution in [2.75, 3.05) is 50.5 Å². The molecule has 3 aromatic rings. The molecule has 0 saturated carbocycles. The highest BCUT2D eigenvalue weighted by Gasteiger charge is 2.19. The summed E-state index contributed by atoms with van der Waals surface area (Å²) in [6.45, 7) is 7.35. The molecule has 0 spiro atoms. The van der Waals surface area contributed by atoms with Crippen molar-refractivity contribution in [3.63, 3.8) is 0 Å². The van der Waals surface area contributed by atoms with E-state index >= 15 is 0 Å². The van der Waals surface area contributed by atoms with Gasteiger partial charge in [0.25, 0.3) is 0 Å². The van der Waals surface area contributed by atoms with Crippen molar-refractivity contribution in [2.24, 2.45) is 0 Å². The molecule has 1 aromatic heterocycles. The highest BCUT2D eigenvalue weighted by Crippen LogP contribution is 2.28. The van der Waals surface area contributed by atoms with Crippen molar-refractivity contribution in [3.05, 3.63) is 64.5 Å². The summed E-state index contributed by atoms with van der Waals surface area (Å²) in [4.78, 5) is 17.8. The Morgan fingerprint density at radius 3 is 2.65 bits per heavy atom. The monoisotopic (exact) mass is 438 g/mol. The fourth-order valence-electron chi connectivity index (χ4n) is 4.13. The maximum Gasteiger partial charge on any atom is 0.336 e. The molecule has 0 bridgehead atoms. The van der Waals surface area contributed by atoms with Crippen LogP contribution in [0.3, 0.4) is 0 Å². The fourth-order valence-corrected chi connectivity index (χ4v) is 5.06. The highest BCUT2D eigenvalue weighted by molar-refractivity contribution is 7.99. The maximum atomic E-state index is 11.6. The van der Waals surface area contributed by atoms with Crippen LogP contribution in [0.15, 0.2) is 62.6 Å². The van der Waals surface area contributed by atoms with E-state index in [2.05, 4.69) is 34.1 Å². The second kappa shape index (κ2) is 10.2. The Kier molecular flexibility index (Phi) is 7.20. The summed E-state index contributed by atoms with van der Waals surface area (Å²) in [5.74, 6) is 2.03. The molecule has 1 aliphatic rings. The number of methoxy groups -OCH3 is 1. The molecular formula is C25H30N2O3S. The lowest BCUT2D eigenvalue weighted by atomic mass is 10.1. The van der Waals surface area contributed by atoms with Crippen molar-refractivity contribution >= 4 is 28.4 Å². The molecule has 6 heteroatoms. The molecule has 2 aromatic carbocycles. The lowest BCUT2D eigenvalue weighted by Crippen LogP contribution is -2.46. The molecule has 0 amide bonds. The van der Waals surface area contributed by atoms with E-state index < -0.39 is 0 Å². The molecule has 1 aliphatic heterocycles. The van der Waals surface area contributed by atoms with Gasteiger partial charge in [0.05, 0.1) is 12.8 Å². The van der Waals surface area contributed by atoms with E-state index in [1.54, 1.807) is 13.2 Å². The zero-order valence-corrected chi connectivity index (χ0v) is 19.1. The highest BCUT2D eigenvalue weighted by atomic mass is 32.2. The smallest absolute Gasteiger partial charge is 0.336 e. The van der Waals surface area contributed by atoms with E-state index in [4.69, 9.17) is 9.15 Å². The van der Waals surface area contributed by atoms with Gasteiger partial charge in [-0.15, -0.1) is 11.8 Å². The molecule has 1 saturated heterocycles. The number of thioether (sulfide) groups is 1. The molecule has 31 heavy (non-hydrogen) atoms. The van der Waals surface area contributed by atoms with Crippen molar-refractivity contribution in [1.82, 2.24) is 4.90 Å². The van der Waals surface area contributed by atoms with Gasteiger partial charge >= 0.3 is 5.63 Å². The molecule has 4 rings (SSSR count). The zero-order valence-electron chi connectivity index (χ0n) is 18.3. The predicted octanol–water partition coefficient (Wildman–Crippen LogP) is 4.80. The Morgan fingerprint density at radius 1 is 1.03 bits per heavy atom. The second-order valence-corrected chi connectivity index (χ2v) is 9.13. The lowest BCUT2D eigenvalue weighted by Gasteiger charge is -2.36. The SMILES string of the molecule is COc1ccccc1N1CCN(CCCCSc2ccc3c(C)cc(=O)oc3c2)CC1. The number of piperazine rings is 1. The van der Waals surface area contributed by atoms with Crippen molar-refractivity contribution < 1.29 is 9.15 Å². The molecule has 164 valence electrons. The number of hydrogen-bond donors (Lipinski definition) is 0. The Hall–Kier alpha value is -2.44. The van der Waals surface area contributed by atoms with Crippen LogP contribution in [0.25, 0.3) is 11.0 Å². The Morgan fingerprint density at radius 2 is 1.84 bits per heavy atom. The third-order valence-electron chi connectivity index (χ3n) is 5.86. The Balaban J connectivity index is 1.19. The van der Waals surface area contributed by atoms with Crippen LogP contribution in [0.2, 0.25) is 0 Å². The molecule has 0 unspecified atom stereocenters. The number of rotatable bonds is 8. The van der Waals surface area contributed by atoms with Crippen LogP contribution in [0.4, 0.5) is 5.69 Å². The molecule has 2 heterocycles. The average Bonchev–Trinajstić information content (AvgIpc) is 2.79. The quantitative estimate of drug-likeness (QED) is 0.286. The largest absolute Gasteiger partial charge is 0.495 e. The zero-order chi connectivity index (χ0) is 21.6. The molecule has 0 aliphatic carbocycles. The summed E-state index contributed by atoms with van der Waals surface area (Å²) in [5.41, 5.74) is 2.57. The third kappa shape index (κ3) is 5.43. The van der Waals surface area contributed by atoms with Gasteiger partial charge < -0.3 is 14.1 Å². The minimum absolute atomic E-state index is 0.280. The van der Waals surface area contributed by atoms with Gasteiger partial charge in [0.2, 0.25) is 0 Å². The molecule has 0 atom stereocenters.